The van der Waals surface area contributed by atoms with Crippen molar-refractivity contribution in [1.29, 1.82) is 0 Å². The van der Waals surface area contributed by atoms with Crippen LogP contribution in [0.5, 0.6) is 0 Å². The van der Waals surface area contributed by atoms with Crippen LogP contribution in [0.4, 0.5) is 5.69 Å². The quantitative estimate of drug-likeness (QED) is 0.302. The highest BCUT2D eigenvalue weighted by atomic mass is 32.1. The highest BCUT2D eigenvalue weighted by Crippen LogP contribution is 2.40. The molecule has 1 aromatic carbocycles. The van der Waals surface area contributed by atoms with Gasteiger partial charge in [0.1, 0.15) is 5.78 Å². The molecule has 0 spiro atoms. The lowest BCUT2D eigenvalue weighted by Gasteiger charge is -2.38. The fourth-order valence-corrected chi connectivity index (χ4v) is 6.55. The van der Waals surface area contributed by atoms with Gasteiger partial charge in [0.05, 0.1) is 17.6 Å². The van der Waals surface area contributed by atoms with E-state index in [1.54, 1.807) is 17.5 Å². The maximum absolute atomic E-state index is 13.0. The number of anilines is 1. The van der Waals surface area contributed by atoms with Crippen molar-refractivity contribution in [3.8, 4) is 22.4 Å². The number of nitrogens with one attached hydrogen (secondary N) is 1. The number of amides is 1. The Balaban J connectivity index is 1.23. The van der Waals surface area contributed by atoms with Crippen LogP contribution in [-0.4, -0.2) is 16.7 Å². The van der Waals surface area contributed by atoms with Crippen LogP contribution in [-0.2, 0) is 15.1 Å². The van der Waals surface area contributed by atoms with Gasteiger partial charge in [0.15, 0.2) is 0 Å². The topological polar surface area (TPSA) is 85.1 Å². The van der Waals surface area contributed by atoms with Gasteiger partial charge in [-0.3, -0.25) is 14.6 Å². The number of hydrogen-bond donors (Lipinski definition) is 2. The summed E-state index contributed by atoms with van der Waals surface area (Å²) < 4.78 is 0. The largest absolute Gasteiger partial charge is 0.325 e. The molecule has 2 saturated carbocycles. The molecule has 5 rings (SSSR count). The van der Waals surface area contributed by atoms with Gasteiger partial charge >= 0.3 is 0 Å². The molecule has 206 valence electrons. The molecule has 0 bridgehead atoms. The van der Waals surface area contributed by atoms with Gasteiger partial charge in [0.25, 0.3) is 0 Å². The standard InChI is InChI=1S/C33H41N3O2S/c1-32(2,3)29(37)17-22-5-7-23(8-6-22)18-30(38)36-27-19-28(25-13-16-39-21-25)31(35-20-27)24-9-11-26(12-10-24)33(34)14-4-15-33/h9-13,16,19-23H,4-8,14-15,17-18,34H2,1-3H3,(H,36,38). The Morgan fingerprint density at radius 3 is 2.23 bits per heavy atom. The molecule has 1 amide bonds. The fourth-order valence-electron chi connectivity index (χ4n) is 5.89. The fraction of sp³-hybridized carbons (Fsp3) is 0.485. The van der Waals surface area contributed by atoms with Crippen LogP contribution in [0.3, 0.4) is 0 Å². The first-order valence-corrected chi connectivity index (χ1v) is 15.3. The number of rotatable bonds is 8. The summed E-state index contributed by atoms with van der Waals surface area (Å²) >= 11 is 1.65. The number of ketones is 1. The lowest BCUT2D eigenvalue weighted by atomic mass is 9.72. The number of benzene rings is 1. The summed E-state index contributed by atoms with van der Waals surface area (Å²) in [5.74, 6) is 1.21. The zero-order valence-corrected chi connectivity index (χ0v) is 24.3. The number of carbonyl (C=O) groups is 2. The van der Waals surface area contributed by atoms with Crippen molar-refractivity contribution in [3.63, 3.8) is 0 Å². The van der Waals surface area contributed by atoms with Gasteiger partial charge in [-0.25, -0.2) is 0 Å². The van der Waals surface area contributed by atoms with E-state index in [9.17, 15) is 9.59 Å². The molecule has 0 atom stereocenters. The van der Waals surface area contributed by atoms with Crippen LogP contribution in [0.2, 0.25) is 0 Å². The van der Waals surface area contributed by atoms with E-state index in [-0.39, 0.29) is 16.9 Å². The van der Waals surface area contributed by atoms with E-state index in [1.807, 2.05) is 26.8 Å². The van der Waals surface area contributed by atoms with Crippen LogP contribution in [0.25, 0.3) is 22.4 Å². The number of Topliss-reactive ketones (excluding diaryl/α,β-unsaturated/α-hetero) is 1. The maximum Gasteiger partial charge on any atom is 0.224 e. The Kier molecular flexibility index (Phi) is 8.06. The third-order valence-corrected chi connectivity index (χ3v) is 9.42. The zero-order valence-electron chi connectivity index (χ0n) is 23.5. The summed E-state index contributed by atoms with van der Waals surface area (Å²) in [7, 11) is 0. The number of nitrogens with zero attached hydrogens (tertiary/aromatic N) is 1. The number of hydrogen-bond acceptors (Lipinski definition) is 5. The number of carbonyl (C=O) groups excluding carboxylic acids is 2. The van der Waals surface area contributed by atoms with Gasteiger partial charge < -0.3 is 11.1 Å². The molecule has 0 aliphatic heterocycles. The second-order valence-electron chi connectivity index (χ2n) is 12.7. The van der Waals surface area contributed by atoms with Crippen molar-refractivity contribution in [2.24, 2.45) is 23.0 Å². The average molecular weight is 544 g/mol. The molecule has 3 aromatic rings. The predicted molar refractivity (Wildman–Crippen MR) is 160 cm³/mol. The Hall–Kier alpha value is -2.83. The first-order valence-electron chi connectivity index (χ1n) is 14.4. The Bertz CT molecular complexity index is 1300. The van der Waals surface area contributed by atoms with E-state index in [0.29, 0.717) is 30.5 Å². The Morgan fingerprint density at radius 1 is 1.00 bits per heavy atom. The minimum absolute atomic E-state index is 0.0353. The molecule has 5 nitrogen and oxygen atoms in total. The summed E-state index contributed by atoms with van der Waals surface area (Å²) in [6.45, 7) is 5.99. The number of pyridine rings is 1. The van der Waals surface area contributed by atoms with Crippen LogP contribution in [0.15, 0.2) is 53.4 Å². The molecule has 2 aliphatic rings. The van der Waals surface area contributed by atoms with E-state index in [4.69, 9.17) is 10.7 Å². The maximum atomic E-state index is 13.0. The summed E-state index contributed by atoms with van der Waals surface area (Å²) in [5, 5.41) is 7.29. The summed E-state index contributed by atoms with van der Waals surface area (Å²) in [5.41, 5.74) is 12.0. The minimum atomic E-state index is -0.269. The van der Waals surface area contributed by atoms with Crippen LogP contribution in [0.1, 0.15) is 84.1 Å². The van der Waals surface area contributed by atoms with Crippen molar-refractivity contribution in [1.82, 2.24) is 4.98 Å². The first kappa shape index (κ1) is 27.7. The monoisotopic (exact) mass is 543 g/mol. The zero-order chi connectivity index (χ0) is 27.6. The predicted octanol–water partition coefficient (Wildman–Crippen LogP) is 7.96. The Morgan fingerprint density at radius 2 is 1.67 bits per heavy atom. The minimum Gasteiger partial charge on any atom is -0.325 e. The summed E-state index contributed by atoms with van der Waals surface area (Å²) in [6, 6.07) is 12.6. The van der Waals surface area contributed by atoms with Gasteiger partial charge in [-0.2, -0.15) is 11.3 Å². The van der Waals surface area contributed by atoms with Gasteiger partial charge in [0, 0.05) is 34.9 Å². The molecular formula is C33H41N3O2S. The molecule has 0 saturated heterocycles. The molecule has 0 radical (unpaired) electrons. The van der Waals surface area contributed by atoms with E-state index < -0.39 is 0 Å². The van der Waals surface area contributed by atoms with Gasteiger partial charge in [-0.05, 0) is 90.8 Å². The third-order valence-electron chi connectivity index (χ3n) is 8.73. The number of aromatic nitrogens is 1. The SMILES string of the molecule is CC(C)(C)C(=O)CC1CCC(CC(=O)Nc2cnc(-c3ccc(C4(N)CCC4)cc3)c(-c3ccsc3)c2)CC1. The smallest absolute Gasteiger partial charge is 0.224 e. The van der Waals surface area contributed by atoms with E-state index in [2.05, 4.69) is 46.4 Å². The average Bonchev–Trinajstić information content (AvgIpc) is 3.43. The van der Waals surface area contributed by atoms with Crippen LogP contribution < -0.4 is 11.1 Å². The van der Waals surface area contributed by atoms with Crippen molar-refractivity contribution in [2.75, 3.05) is 5.32 Å². The normalized spacial score (nSPS) is 20.7. The molecular weight excluding hydrogens is 502 g/mol. The summed E-state index contributed by atoms with van der Waals surface area (Å²) in [6.07, 6.45) is 10.3. The van der Waals surface area contributed by atoms with E-state index in [0.717, 1.165) is 66.6 Å². The molecule has 39 heavy (non-hydrogen) atoms. The van der Waals surface area contributed by atoms with Gasteiger partial charge in [-0.15, -0.1) is 0 Å². The van der Waals surface area contributed by atoms with Crippen LogP contribution >= 0.6 is 11.3 Å². The van der Waals surface area contributed by atoms with E-state index in [1.165, 1.54) is 12.0 Å². The number of thiophene rings is 1. The highest BCUT2D eigenvalue weighted by Gasteiger charge is 2.34. The van der Waals surface area contributed by atoms with Crippen molar-refractivity contribution in [2.45, 2.75) is 84.1 Å². The molecule has 2 heterocycles. The molecule has 6 heteroatoms. The molecule has 2 aromatic heterocycles. The first-order chi connectivity index (χ1) is 18.6. The Labute approximate surface area is 236 Å². The van der Waals surface area contributed by atoms with Crippen molar-refractivity contribution in [3.05, 3.63) is 58.9 Å². The number of nitrogens with two attached hydrogens (primary N) is 1. The lowest BCUT2D eigenvalue weighted by Crippen LogP contribution is -2.43. The second-order valence-corrected chi connectivity index (χ2v) is 13.5. The lowest BCUT2D eigenvalue weighted by molar-refractivity contribution is -0.127. The van der Waals surface area contributed by atoms with Crippen molar-refractivity contribution >= 4 is 28.7 Å². The van der Waals surface area contributed by atoms with Crippen molar-refractivity contribution < 1.29 is 9.59 Å². The second kappa shape index (κ2) is 11.3. The third kappa shape index (κ3) is 6.50. The molecule has 0 unspecified atom stereocenters. The van der Waals surface area contributed by atoms with E-state index >= 15 is 0 Å². The summed E-state index contributed by atoms with van der Waals surface area (Å²) in [4.78, 5) is 30.2. The highest BCUT2D eigenvalue weighted by molar-refractivity contribution is 7.08. The van der Waals surface area contributed by atoms with Crippen LogP contribution in [0, 0.1) is 17.3 Å². The molecule has 3 N–H and O–H groups in total. The molecule has 2 fully saturated rings. The molecule has 2 aliphatic carbocycles. The van der Waals surface area contributed by atoms with Gasteiger partial charge in [0.2, 0.25) is 5.91 Å². The van der Waals surface area contributed by atoms with Gasteiger partial charge in [-0.1, -0.05) is 45.0 Å².